The van der Waals surface area contributed by atoms with Gasteiger partial charge in [-0.25, -0.2) is 14.6 Å². The van der Waals surface area contributed by atoms with Gasteiger partial charge in [-0.3, -0.25) is 9.78 Å². The number of rotatable bonds is 6. The number of pyridine rings is 1. The summed E-state index contributed by atoms with van der Waals surface area (Å²) in [4.78, 5) is 27.0. The van der Waals surface area contributed by atoms with Crippen molar-refractivity contribution in [2.75, 3.05) is 0 Å². The third kappa shape index (κ3) is 3.87. The largest absolute Gasteiger partial charge is 0.349 e. The van der Waals surface area contributed by atoms with E-state index in [1.165, 1.54) is 5.56 Å². The van der Waals surface area contributed by atoms with E-state index in [0.29, 0.717) is 17.4 Å². The fraction of sp³-hybridized carbons (Fsp3) is 0.296. The lowest BCUT2D eigenvalue weighted by atomic mass is 9.90. The van der Waals surface area contributed by atoms with Crippen LogP contribution in [-0.2, 0) is 19.3 Å². The van der Waals surface area contributed by atoms with Crippen molar-refractivity contribution in [2.45, 2.75) is 51.0 Å². The topological polar surface area (TPSA) is 85.6 Å². The van der Waals surface area contributed by atoms with Gasteiger partial charge in [-0.15, -0.1) is 0 Å². The van der Waals surface area contributed by atoms with E-state index in [9.17, 15) is 4.79 Å². The van der Waals surface area contributed by atoms with Crippen molar-refractivity contribution < 1.29 is 4.79 Å². The number of aromatic nitrogens is 5. The quantitative estimate of drug-likeness (QED) is 0.479. The van der Waals surface area contributed by atoms with Gasteiger partial charge in [0.05, 0.1) is 23.1 Å². The summed E-state index contributed by atoms with van der Waals surface area (Å²) < 4.78 is 1.77. The molecule has 0 spiro atoms. The molecule has 7 nitrogen and oxygen atoms in total. The molecule has 1 N–H and O–H groups in total. The summed E-state index contributed by atoms with van der Waals surface area (Å²) in [6, 6.07) is 12.3. The first-order valence-electron chi connectivity index (χ1n) is 11.9. The average molecular weight is 451 g/mol. The van der Waals surface area contributed by atoms with Crippen molar-refractivity contribution in [2.24, 2.45) is 0 Å². The minimum Gasteiger partial charge on any atom is -0.349 e. The van der Waals surface area contributed by atoms with E-state index in [2.05, 4.69) is 38.6 Å². The number of hydrogen-bond acceptors (Lipinski definition) is 5. The highest BCUT2D eigenvalue weighted by atomic mass is 16.1. The van der Waals surface area contributed by atoms with Gasteiger partial charge in [0.15, 0.2) is 0 Å². The molecule has 1 fully saturated rings. The van der Waals surface area contributed by atoms with Crippen LogP contribution in [0.1, 0.15) is 58.4 Å². The summed E-state index contributed by atoms with van der Waals surface area (Å²) in [6.45, 7) is 2.01. The van der Waals surface area contributed by atoms with E-state index in [1.54, 1.807) is 17.1 Å². The highest BCUT2D eigenvalue weighted by Gasteiger charge is 2.34. The van der Waals surface area contributed by atoms with Crippen molar-refractivity contribution in [1.29, 1.82) is 0 Å². The molecular formula is C27H26N6O. The minimum atomic E-state index is -0.104. The van der Waals surface area contributed by atoms with Gasteiger partial charge in [-0.2, -0.15) is 5.10 Å². The smallest absolute Gasteiger partial charge is 0.255 e. The molecule has 0 unspecified atom stereocenters. The van der Waals surface area contributed by atoms with Crippen LogP contribution in [0.25, 0.3) is 17.2 Å². The number of hydrogen-bond donors (Lipinski definition) is 1. The van der Waals surface area contributed by atoms with Crippen molar-refractivity contribution in [3.05, 3.63) is 89.1 Å². The summed E-state index contributed by atoms with van der Waals surface area (Å²) in [5.41, 5.74) is 7.22. The van der Waals surface area contributed by atoms with Crippen LogP contribution in [0, 0.1) is 0 Å². The number of aryl methyl sites for hydroxylation is 2. The molecule has 1 aromatic carbocycles. The highest BCUT2D eigenvalue weighted by molar-refractivity contribution is 5.95. The molecule has 6 rings (SSSR count). The van der Waals surface area contributed by atoms with Crippen LogP contribution >= 0.6 is 0 Å². The van der Waals surface area contributed by atoms with Gasteiger partial charge in [-0.1, -0.05) is 30.3 Å². The second kappa shape index (κ2) is 8.48. The molecule has 4 aromatic rings. The third-order valence-electron chi connectivity index (χ3n) is 6.63. The van der Waals surface area contributed by atoms with Crippen LogP contribution < -0.4 is 5.32 Å². The van der Waals surface area contributed by atoms with Crippen LogP contribution in [0.3, 0.4) is 0 Å². The predicted octanol–water partition coefficient (Wildman–Crippen LogP) is 4.06. The van der Waals surface area contributed by atoms with Gasteiger partial charge in [0.2, 0.25) is 0 Å². The van der Waals surface area contributed by atoms with Gasteiger partial charge in [0.1, 0.15) is 0 Å². The van der Waals surface area contributed by atoms with Gasteiger partial charge in [0, 0.05) is 36.1 Å². The fourth-order valence-corrected chi connectivity index (χ4v) is 4.82. The molecule has 170 valence electrons. The zero-order valence-corrected chi connectivity index (χ0v) is 19.1. The first kappa shape index (κ1) is 20.7. The molecule has 34 heavy (non-hydrogen) atoms. The Bertz CT molecular complexity index is 1360. The first-order valence-corrected chi connectivity index (χ1v) is 11.9. The summed E-state index contributed by atoms with van der Waals surface area (Å²) in [7, 11) is 0. The molecule has 1 saturated carbocycles. The van der Waals surface area contributed by atoms with E-state index in [4.69, 9.17) is 4.98 Å². The Kier molecular flexibility index (Phi) is 5.17. The number of fused-ring (bicyclic) bond motifs is 3. The maximum atomic E-state index is 13.2. The summed E-state index contributed by atoms with van der Waals surface area (Å²) in [5, 5.41) is 7.72. The van der Waals surface area contributed by atoms with Crippen molar-refractivity contribution in [3.63, 3.8) is 0 Å². The Morgan fingerprint density at radius 3 is 2.76 bits per heavy atom. The molecule has 0 aliphatic heterocycles. The predicted molar refractivity (Wildman–Crippen MR) is 129 cm³/mol. The maximum absolute atomic E-state index is 13.2. The molecule has 1 amide bonds. The highest BCUT2D eigenvalue weighted by Crippen LogP contribution is 2.42. The molecule has 3 heterocycles. The second-order valence-electron chi connectivity index (χ2n) is 9.27. The lowest BCUT2D eigenvalue weighted by Crippen LogP contribution is -2.34. The molecule has 2 aliphatic rings. The molecule has 0 radical (unpaired) electrons. The van der Waals surface area contributed by atoms with Crippen molar-refractivity contribution in [1.82, 2.24) is 30.0 Å². The average Bonchev–Trinajstić information content (AvgIpc) is 3.61. The van der Waals surface area contributed by atoms with Crippen molar-refractivity contribution in [3.8, 4) is 17.2 Å². The van der Waals surface area contributed by atoms with E-state index >= 15 is 0 Å². The lowest BCUT2D eigenvalue weighted by Gasteiger charge is -2.19. The van der Waals surface area contributed by atoms with Crippen LogP contribution in [-0.4, -0.2) is 36.7 Å². The van der Waals surface area contributed by atoms with Gasteiger partial charge < -0.3 is 5.32 Å². The van der Waals surface area contributed by atoms with Gasteiger partial charge >= 0.3 is 0 Å². The van der Waals surface area contributed by atoms with E-state index < -0.39 is 0 Å². The lowest BCUT2D eigenvalue weighted by molar-refractivity contribution is 0.0939. The fourth-order valence-electron chi connectivity index (χ4n) is 4.82. The molecule has 0 bridgehead atoms. The number of amides is 1. The van der Waals surface area contributed by atoms with Gasteiger partial charge in [0.25, 0.3) is 11.9 Å². The Morgan fingerprint density at radius 1 is 1.09 bits per heavy atom. The normalized spacial score (nSPS) is 15.3. The van der Waals surface area contributed by atoms with E-state index in [1.807, 2.05) is 37.5 Å². The Labute approximate surface area is 198 Å². The number of nitrogens with one attached hydrogen (secondary N) is 1. The third-order valence-corrected chi connectivity index (χ3v) is 6.63. The van der Waals surface area contributed by atoms with Gasteiger partial charge in [-0.05, 0) is 61.8 Å². The summed E-state index contributed by atoms with van der Waals surface area (Å²) >= 11 is 0. The molecular weight excluding hydrogens is 424 g/mol. The summed E-state index contributed by atoms with van der Waals surface area (Å²) in [6.07, 6.45) is 11.9. The van der Waals surface area contributed by atoms with Crippen LogP contribution in [0.15, 0.2) is 61.2 Å². The monoisotopic (exact) mass is 450 g/mol. The molecule has 2 aliphatic carbocycles. The SMILES string of the molecule is C[C@H](Cc1cccnc1)NC(=O)c1cnn(-c2ncc3c(n2)-c2ccccc2CC3)c1C1CC1. The second-order valence-corrected chi connectivity index (χ2v) is 9.27. The van der Waals surface area contributed by atoms with Crippen LogP contribution in [0.5, 0.6) is 0 Å². The Hall–Kier alpha value is -3.87. The van der Waals surface area contributed by atoms with E-state index in [0.717, 1.165) is 60.2 Å². The standard InChI is InChI=1S/C27H26N6O/c1-17(13-18-5-4-12-28-14-18)31-26(34)23-16-30-33(25(23)20-9-10-20)27-29-15-21-11-8-19-6-2-3-7-22(19)24(21)32-27/h2-7,12,14-17,20H,8-11,13H2,1H3,(H,31,34)/t17-/m1/s1. The Balaban J connectivity index is 1.30. The number of carbonyl (C=O) groups is 1. The zero-order chi connectivity index (χ0) is 23.1. The summed E-state index contributed by atoms with van der Waals surface area (Å²) in [5.74, 6) is 0.733. The Morgan fingerprint density at radius 2 is 1.94 bits per heavy atom. The zero-order valence-electron chi connectivity index (χ0n) is 19.1. The maximum Gasteiger partial charge on any atom is 0.255 e. The molecule has 3 aromatic heterocycles. The first-order chi connectivity index (χ1) is 16.7. The van der Waals surface area contributed by atoms with E-state index in [-0.39, 0.29) is 11.9 Å². The number of benzene rings is 1. The van der Waals surface area contributed by atoms with Crippen LogP contribution in [0.2, 0.25) is 0 Å². The van der Waals surface area contributed by atoms with Crippen molar-refractivity contribution >= 4 is 5.91 Å². The minimum absolute atomic E-state index is 0.0244. The number of nitrogens with zero attached hydrogens (tertiary/aromatic N) is 5. The molecule has 7 heteroatoms. The molecule has 0 saturated heterocycles. The van der Waals surface area contributed by atoms with Crippen LogP contribution in [0.4, 0.5) is 0 Å². The number of carbonyl (C=O) groups excluding carboxylic acids is 1. The molecule has 1 atom stereocenters.